The fourth-order valence-electron chi connectivity index (χ4n) is 3.30. The number of halogens is 1. The van der Waals surface area contributed by atoms with Crippen LogP contribution in [0, 0.1) is 11.8 Å². The van der Waals surface area contributed by atoms with Crippen LogP contribution in [0.2, 0.25) is 4.34 Å². The first-order valence-corrected chi connectivity index (χ1v) is 10.2. The SMILES string of the molecule is CCC(NC(=O)C1CCC(C)CC1)c1nnc(-c2ccc(Cl)s2)[nH]c1=O. The molecule has 1 fully saturated rings. The quantitative estimate of drug-likeness (QED) is 0.803. The van der Waals surface area contributed by atoms with Gasteiger partial charge < -0.3 is 10.3 Å². The Labute approximate surface area is 161 Å². The zero-order valence-corrected chi connectivity index (χ0v) is 16.5. The van der Waals surface area contributed by atoms with E-state index in [2.05, 4.69) is 27.4 Å². The molecular weight excluding hydrogens is 372 g/mol. The van der Waals surface area contributed by atoms with Gasteiger partial charge in [0.25, 0.3) is 5.56 Å². The van der Waals surface area contributed by atoms with Crippen LogP contribution in [0.5, 0.6) is 0 Å². The van der Waals surface area contributed by atoms with Crippen molar-refractivity contribution in [2.45, 2.75) is 52.0 Å². The number of hydrogen-bond donors (Lipinski definition) is 2. The van der Waals surface area contributed by atoms with E-state index in [9.17, 15) is 9.59 Å². The average molecular weight is 395 g/mol. The minimum Gasteiger partial charge on any atom is -0.347 e. The monoisotopic (exact) mass is 394 g/mol. The Hall–Kier alpha value is -1.73. The molecule has 2 aromatic heterocycles. The summed E-state index contributed by atoms with van der Waals surface area (Å²) in [6, 6.07) is 3.10. The summed E-state index contributed by atoms with van der Waals surface area (Å²) in [4.78, 5) is 28.5. The third kappa shape index (κ3) is 4.32. The Morgan fingerprint density at radius 1 is 1.35 bits per heavy atom. The second-order valence-corrected chi connectivity index (χ2v) is 8.63. The molecule has 1 unspecified atom stereocenters. The Morgan fingerprint density at radius 3 is 2.65 bits per heavy atom. The predicted octanol–water partition coefficient (Wildman–Crippen LogP) is 3.94. The zero-order valence-electron chi connectivity index (χ0n) is 14.9. The molecule has 6 nitrogen and oxygen atoms in total. The van der Waals surface area contributed by atoms with Crippen LogP contribution in [0.4, 0.5) is 0 Å². The maximum atomic E-state index is 12.6. The van der Waals surface area contributed by atoms with Gasteiger partial charge in [0.15, 0.2) is 11.5 Å². The van der Waals surface area contributed by atoms with Gasteiger partial charge in [-0.25, -0.2) is 0 Å². The molecule has 0 aliphatic heterocycles. The number of nitrogens with one attached hydrogen (secondary N) is 2. The first kappa shape index (κ1) is 19.0. The second kappa shape index (κ2) is 8.31. The lowest BCUT2D eigenvalue weighted by atomic mass is 9.82. The van der Waals surface area contributed by atoms with Crippen molar-refractivity contribution in [2.75, 3.05) is 0 Å². The van der Waals surface area contributed by atoms with Gasteiger partial charge in [0.1, 0.15) is 0 Å². The molecule has 2 heterocycles. The lowest BCUT2D eigenvalue weighted by Gasteiger charge is -2.26. The second-order valence-electron chi connectivity index (χ2n) is 6.92. The van der Waals surface area contributed by atoms with Crippen LogP contribution in [0.3, 0.4) is 0 Å². The highest BCUT2D eigenvalue weighted by Crippen LogP contribution is 2.29. The lowest BCUT2D eigenvalue weighted by molar-refractivity contribution is -0.127. The van der Waals surface area contributed by atoms with Crippen molar-refractivity contribution in [2.24, 2.45) is 11.8 Å². The molecule has 1 aliphatic carbocycles. The summed E-state index contributed by atoms with van der Waals surface area (Å²) in [6.07, 6.45) is 4.55. The smallest absolute Gasteiger partial charge is 0.275 e. The molecular formula is C18H23ClN4O2S. The summed E-state index contributed by atoms with van der Waals surface area (Å²) in [5.74, 6) is 1.12. The number of aromatic nitrogens is 3. The van der Waals surface area contributed by atoms with Gasteiger partial charge in [0.05, 0.1) is 15.3 Å². The minimum absolute atomic E-state index is 0.0130. The van der Waals surface area contributed by atoms with Gasteiger partial charge in [-0.05, 0) is 50.2 Å². The summed E-state index contributed by atoms with van der Waals surface area (Å²) in [5.41, 5.74) is -0.0830. The van der Waals surface area contributed by atoms with Crippen LogP contribution < -0.4 is 10.9 Å². The highest BCUT2D eigenvalue weighted by atomic mass is 35.5. The molecule has 8 heteroatoms. The number of amides is 1. The van der Waals surface area contributed by atoms with Crippen LogP contribution in [-0.2, 0) is 4.79 Å². The van der Waals surface area contributed by atoms with Crippen molar-refractivity contribution in [3.63, 3.8) is 0 Å². The Kier molecular flexibility index (Phi) is 6.09. The van der Waals surface area contributed by atoms with Gasteiger partial charge >= 0.3 is 0 Å². The highest BCUT2D eigenvalue weighted by Gasteiger charge is 2.27. The molecule has 1 atom stereocenters. The van der Waals surface area contributed by atoms with Crippen LogP contribution in [0.25, 0.3) is 10.7 Å². The van der Waals surface area contributed by atoms with E-state index < -0.39 is 6.04 Å². The van der Waals surface area contributed by atoms with Crippen LogP contribution in [0.1, 0.15) is 57.7 Å². The van der Waals surface area contributed by atoms with E-state index >= 15 is 0 Å². The maximum Gasteiger partial charge on any atom is 0.275 e. The van der Waals surface area contributed by atoms with Crippen molar-refractivity contribution >= 4 is 28.8 Å². The Bertz CT molecular complexity index is 827. The van der Waals surface area contributed by atoms with Gasteiger partial charge in [-0.1, -0.05) is 25.4 Å². The fourth-order valence-corrected chi connectivity index (χ4v) is 4.28. The Morgan fingerprint density at radius 2 is 2.08 bits per heavy atom. The van der Waals surface area contributed by atoms with E-state index in [-0.39, 0.29) is 23.1 Å². The van der Waals surface area contributed by atoms with Crippen molar-refractivity contribution in [3.8, 4) is 10.7 Å². The van der Waals surface area contributed by atoms with Crippen molar-refractivity contribution < 1.29 is 4.79 Å². The number of nitrogens with zero attached hydrogens (tertiary/aromatic N) is 2. The lowest BCUT2D eigenvalue weighted by Crippen LogP contribution is -2.38. The summed E-state index contributed by atoms with van der Waals surface area (Å²) in [7, 11) is 0. The fraction of sp³-hybridized carbons (Fsp3) is 0.556. The first-order chi connectivity index (χ1) is 12.5. The molecule has 0 aromatic carbocycles. The van der Waals surface area contributed by atoms with E-state index in [4.69, 9.17) is 11.6 Å². The predicted molar refractivity (Wildman–Crippen MR) is 103 cm³/mol. The summed E-state index contributed by atoms with van der Waals surface area (Å²) >= 11 is 7.25. The van der Waals surface area contributed by atoms with Crippen molar-refractivity contribution in [3.05, 3.63) is 32.5 Å². The topological polar surface area (TPSA) is 87.7 Å². The molecule has 140 valence electrons. The molecule has 2 N–H and O–H groups in total. The number of carbonyl (C=O) groups excluding carboxylic acids is 1. The molecule has 2 aromatic rings. The third-order valence-corrected chi connectivity index (χ3v) is 6.21. The molecule has 0 radical (unpaired) electrons. The minimum atomic E-state index is -0.431. The summed E-state index contributed by atoms with van der Waals surface area (Å²) < 4.78 is 0.618. The standard InChI is InChI=1S/C18H23ClN4O2S/c1-3-12(20-17(24)11-6-4-10(2)5-7-11)15-18(25)21-16(23-22-15)13-8-9-14(19)26-13/h8-12H,3-7H2,1-2H3,(H,20,24)(H,21,23,25). The van der Waals surface area contributed by atoms with Crippen LogP contribution in [0.15, 0.2) is 16.9 Å². The van der Waals surface area contributed by atoms with Gasteiger partial charge in [0, 0.05) is 5.92 Å². The normalized spacial score (nSPS) is 21.3. The van der Waals surface area contributed by atoms with Crippen molar-refractivity contribution in [1.29, 1.82) is 0 Å². The number of aromatic amines is 1. The Balaban J connectivity index is 1.73. The molecule has 3 rings (SSSR count). The van der Waals surface area contributed by atoms with E-state index in [1.54, 1.807) is 12.1 Å². The largest absolute Gasteiger partial charge is 0.347 e. The molecule has 0 spiro atoms. The van der Waals surface area contributed by atoms with E-state index in [0.717, 1.165) is 30.6 Å². The van der Waals surface area contributed by atoms with Crippen LogP contribution in [-0.4, -0.2) is 21.1 Å². The number of hydrogen-bond acceptors (Lipinski definition) is 5. The highest BCUT2D eigenvalue weighted by molar-refractivity contribution is 7.19. The van der Waals surface area contributed by atoms with Gasteiger partial charge in [-0.15, -0.1) is 21.5 Å². The van der Waals surface area contributed by atoms with E-state index in [1.807, 2.05) is 6.92 Å². The number of rotatable bonds is 5. The number of thiophene rings is 1. The third-order valence-electron chi connectivity index (χ3n) is 4.97. The zero-order chi connectivity index (χ0) is 18.7. The van der Waals surface area contributed by atoms with Crippen LogP contribution >= 0.6 is 22.9 Å². The molecule has 0 saturated heterocycles. The van der Waals surface area contributed by atoms with E-state index in [0.29, 0.717) is 22.5 Å². The molecule has 1 aliphatic rings. The number of carbonyl (C=O) groups is 1. The molecule has 0 bridgehead atoms. The van der Waals surface area contributed by atoms with E-state index in [1.165, 1.54) is 11.3 Å². The number of H-pyrrole nitrogens is 1. The molecule has 1 amide bonds. The first-order valence-electron chi connectivity index (χ1n) is 9.01. The molecule has 26 heavy (non-hydrogen) atoms. The average Bonchev–Trinajstić information content (AvgIpc) is 3.07. The molecule has 1 saturated carbocycles. The van der Waals surface area contributed by atoms with Gasteiger partial charge in [-0.3, -0.25) is 9.59 Å². The van der Waals surface area contributed by atoms with Gasteiger partial charge in [-0.2, -0.15) is 0 Å². The summed E-state index contributed by atoms with van der Waals surface area (Å²) in [6.45, 7) is 4.14. The summed E-state index contributed by atoms with van der Waals surface area (Å²) in [5, 5.41) is 11.2. The van der Waals surface area contributed by atoms with Crippen molar-refractivity contribution in [1.82, 2.24) is 20.5 Å². The maximum absolute atomic E-state index is 12.6. The van der Waals surface area contributed by atoms with Gasteiger partial charge in [0.2, 0.25) is 5.91 Å².